The van der Waals surface area contributed by atoms with E-state index in [4.69, 9.17) is 0 Å². The highest BCUT2D eigenvalue weighted by molar-refractivity contribution is 8.01. The second-order valence-electron chi connectivity index (χ2n) is 9.34. The fourth-order valence-corrected chi connectivity index (χ4v) is 6.76. The van der Waals surface area contributed by atoms with Crippen molar-refractivity contribution in [1.82, 2.24) is 15.1 Å². The van der Waals surface area contributed by atoms with Crippen molar-refractivity contribution in [2.24, 2.45) is 10.8 Å². The van der Waals surface area contributed by atoms with E-state index >= 15 is 0 Å². The molecule has 1 aliphatic carbocycles. The summed E-state index contributed by atoms with van der Waals surface area (Å²) in [5, 5.41) is 12.5. The molecule has 1 aliphatic heterocycles. The van der Waals surface area contributed by atoms with Crippen LogP contribution in [0.1, 0.15) is 45.6 Å². The molecule has 28 heavy (non-hydrogen) atoms. The van der Waals surface area contributed by atoms with Crippen LogP contribution in [0.25, 0.3) is 0 Å². The number of hydrogen-bond donors (Lipinski definition) is 1. The third-order valence-corrected chi connectivity index (χ3v) is 7.80. The third kappa shape index (κ3) is 4.20. The first-order chi connectivity index (χ1) is 13.2. The second kappa shape index (κ2) is 7.34. The van der Waals surface area contributed by atoms with E-state index < -0.39 is 0 Å². The molecule has 1 aromatic carbocycles. The van der Waals surface area contributed by atoms with Crippen molar-refractivity contribution in [2.45, 2.75) is 57.3 Å². The predicted octanol–water partition coefficient (Wildman–Crippen LogP) is 5.11. The molecule has 0 unspecified atom stereocenters. The first-order valence-corrected chi connectivity index (χ1v) is 11.6. The van der Waals surface area contributed by atoms with Gasteiger partial charge in [0.1, 0.15) is 0 Å². The molecule has 2 fully saturated rings. The molecule has 1 saturated heterocycles. The highest BCUT2D eigenvalue weighted by Crippen LogP contribution is 2.52. The van der Waals surface area contributed by atoms with Crippen LogP contribution in [-0.4, -0.2) is 39.3 Å². The summed E-state index contributed by atoms with van der Waals surface area (Å²) in [6.07, 6.45) is 3.47. The normalized spacial score (nSPS) is 25.7. The lowest BCUT2D eigenvalue weighted by Crippen LogP contribution is -2.38. The molecule has 0 spiro atoms. The Bertz CT molecular complexity index is 881. The van der Waals surface area contributed by atoms with E-state index in [9.17, 15) is 4.79 Å². The SMILES string of the molecule is Cc1ccccc1Nc1nnc(SCC(=O)N2C[C@@]3(C)C[C@@H]2CC(C)(C)C3)s1. The lowest BCUT2D eigenvalue weighted by atomic mass is 9.65. The highest BCUT2D eigenvalue weighted by atomic mass is 32.2. The van der Waals surface area contributed by atoms with Gasteiger partial charge >= 0.3 is 0 Å². The van der Waals surface area contributed by atoms with Gasteiger partial charge in [-0.25, -0.2) is 0 Å². The fourth-order valence-electron chi connectivity index (χ4n) is 5.10. The van der Waals surface area contributed by atoms with Gasteiger partial charge in [-0.1, -0.05) is 62.1 Å². The van der Waals surface area contributed by atoms with E-state index in [2.05, 4.69) is 54.2 Å². The lowest BCUT2D eigenvalue weighted by Gasteiger charge is -2.39. The Balaban J connectivity index is 1.35. The van der Waals surface area contributed by atoms with Crippen LogP contribution in [0, 0.1) is 17.8 Å². The van der Waals surface area contributed by atoms with E-state index in [1.54, 1.807) is 0 Å². The average molecular weight is 417 g/mol. The molecule has 2 atom stereocenters. The van der Waals surface area contributed by atoms with Crippen LogP contribution >= 0.6 is 23.1 Å². The van der Waals surface area contributed by atoms with Crippen molar-refractivity contribution in [2.75, 3.05) is 17.6 Å². The van der Waals surface area contributed by atoms with Crippen LogP contribution in [0.2, 0.25) is 0 Å². The number of para-hydroxylation sites is 1. The maximum absolute atomic E-state index is 12.9. The van der Waals surface area contributed by atoms with Crippen LogP contribution in [-0.2, 0) is 4.79 Å². The summed E-state index contributed by atoms with van der Waals surface area (Å²) in [6.45, 7) is 9.98. The monoisotopic (exact) mass is 416 g/mol. The Kier molecular flexibility index (Phi) is 5.16. The van der Waals surface area contributed by atoms with Gasteiger partial charge in [0.25, 0.3) is 0 Å². The largest absolute Gasteiger partial charge is 0.338 e. The van der Waals surface area contributed by atoms with Crippen LogP contribution in [0.15, 0.2) is 28.6 Å². The van der Waals surface area contributed by atoms with Gasteiger partial charge in [-0.2, -0.15) is 0 Å². The molecule has 2 aliphatic rings. The fraction of sp³-hybridized carbons (Fsp3) is 0.571. The average Bonchev–Trinajstić information content (AvgIpc) is 3.15. The van der Waals surface area contributed by atoms with E-state index in [1.165, 1.54) is 35.1 Å². The number of carbonyl (C=O) groups is 1. The summed E-state index contributed by atoms with van der Waals surface area (Å²) in [6, 6.07) is 8.50. The molecule has 150 valence electrons. The molecule has 1 amide bonds. The molecule has 1 N–H and O–H groups in total. The second-order valence-corrected chi connectivity index (χ2v) is 11.5. The summed E-state index contributed by atoms with van der Waals surface area (Å²) < 4.78 is 0.832. The van der Waals surface area contributed by atoms with E-state index in [1.807, 2.05) is 18.2 Å². The number of aryl methyl sites for hydroxylation is 1. The number of nitrogens with one attached hydrogen (secondary N) is 1. The minimum absolute atomic E-state index is 0.236. The number of anilines is 2. The molecule has 0 radical (unpaired) electrons. The Morgan fingerprint density at radius 2 is 2.07 bits per heavy atom. The number of amides is 1. The Morgan fingerprint density at radius 3 is 2.86 bits per heavy atom. The van der Waals surface area contributed by atoms with E-state index in [0.29, 0.717) is 17.2 Å². The minimum atomic E-state index is 0.236. The molecule has 2 aromatic rings. The summed E-state index contributed by atoms with van der Waals surface area (Å²) in [5.74, 6) is 0.673. The van der Waals surface area contributed by atoms with Gasteiger partial charge < -0.3 is 10.2 Å². The van der Waals surface area contributed by atoms with E-state index in [0.717, 1.165) is 34.5 Å². The maximum atomic E-state index is 12.9. The summed E-state index contributed by atoms with van der Waals surface area (Å²) in [7, 11) is 0. The van der Waals surface area contributed by atoms with Gasteiger partial charge in [-0.15, -0.1) is 10.2 Å². The summed E-state index contributed by atoms with van der Waals surface area (Å²) >= 11 is 3.00. The smallest absolute Gasteiger partial charge is 0.233 e. The molecular formula is C21H28N4OS2. The molecule has 1 aromatic heterocycles. The van der Waals surface area contributed by atoms with E-state index in [-0.39, 0.29) is 11.3 Å². The molecule has 2 bridgehead atoms. The number of aromatic nitrogens is 2. The van der Waals surface area contributed by atoms with Crippen LogP contribution in [0.3, 0.4) is 0 Å². The van der Waals surface area contributed by atoms with Gasteiger partial charge in [-0.3, -0.25) is 4.79 Å². The number of benzene rings is 1. The Labute approximate surface area is 175 Å². The standard InChI is InChI=1S/C21H28N4OS2/c1-14-7-5-6-8-16(14)22-18-23-24-19(28-18)27-11-17(26)25-13-21(4)10-15(25)9-20(2,3)12-21/h5-8,15H,9-13H2,1-4H3,(H,22,23)/t15-,21-/m0/s1. The molecule has 5 nitrogen and oxygen atoms in total. The highest BCUT2D eigenvalue weighted by Gasteiger charge is 2.50. The molecular weight excluding hydrogens is 388 g/mol. The zero-order valence-corrected chi connectivity index (χ0v) is 18.6. The van der Waals surface area contributed by atoms with Crippen LogP contribution in [0.5, 0.6) is 0 Å². The van der Waals surface area contributed by atoms with Crippen LogP contribution < -0.4 is 5.32 Å². The summed E-state index contributed by atoms with van der Waals surface area (Å²) in [4.78, 5) is 15.0. The topological polar surface area (TPSA) is 58.1 Å². The lowest BCUT2D eigenvalue weighted by molar-refractivity contribution is -0.129. The molecule has 1 saturated carbocycles. The van der Waals surface area contributed by atoms with Gasteiger partial charge in [0.05, 0.1) is 5.75 Å². The number of fused-ring (bicyclic) bond motifs is 2. The number of hydrogen-bond acceptors (Lipinski definition) is 6. The van der Waals surface area contributed by atoms with Crippen molar-refractivity contribution in [3.8, 4) is 0 Å². The molecule has 4 rings (SSSR count). The molecule has 7 heteroatoms. The van der Waals surface area contributed by atoms with Crippen molar-refractivity contribution >= 4 is 39.8 Å². The Hall–Kier alpha value is -1.60. The maximum Gasteiger partial charge on any atom is 0.233 e. The quantitative estimate of drug-likeness (QED) is 0.687. The van der Waals surface area contributed by atoms with Gasteiger partial charge in [0.15, 0.2) is 4.34 Å². The number of thioether (sulfide) groups is 1. The van der Waals surface area contributed by atoms with Crippen molar-refractivity contribution in [3.05, 3.63) is 29.8 Å². The van der Waals surface area contributed by atoms with Crippen molar-refractivity contribution in [3.63, 3.8) is 0 Å². The zero-order valence-electron chi connectivity index (χ0n) is 17.0. The van der Waals surface area contributed by atoms with Crippen molar-refractivity contribution < 1.29 is 4.79 Å². The zero-order chi connectivity index (χ0) is 19.9. The van der Waals surface area contributed by atoms with Crippen molar-refractivity contribution in [1.29, 1.82) is 0 Å². The number of likely N-dealkylation sites (tertiary alicyclic amines) is 1. The molecule has 2 heterocycles. The third-order valence-electron chi connectivity index (χ3n) is 5.85. The number of nitrogens with zero attached hydrogens (tertiary/aromatic N) is 3. The number of carbonyl (C=O) groups excluding carboxylic acids is 1. The first kappa shape index (κ1) is 19.7. The Morgan fingerprint density at radius 1 is 1.29 bits per heavy atom. The summed E-state index contributed by atoms with van der Waals surface area (Å²) in [5.41, 5.74) is 2.81. The number of rotatable bonds is 5. The minimum Gasteiger partial charge on any atom is -0.338 e. The predicted molar refractivity (Wildman–Crippen MR) is 116 cm³/mol. The first-order valence-electron chi connectivity index (χ1n) is 9.82. The van der Waals surface area contributed by atoms with Gasteiger partial charge in [0, 0.05) is 18.3 Å². The van der Waals surface area contributed by atoms with Gasteiger partial charge in [0.2, 0.25) is 11.0 Å². The van der Waals surface area contributed by atoms with Crippen LogP contribution in [0.4, 0.5) is 10.8 Å². The van der Waals surface area contributed by atoms with Gasteiger partial charge in [-0.05, 0) is 48.6 Å².